The SMILES string of the molecule is O=c1ccc2c(c1)oc1c(-c3ccco3)c3c(=O)[nH]n(C4CCCCCCC4)c3[nH]c12. The van der Waals surface area contributed by atoms with Gasteiger partial charge in [0.15, 0.2) is 11.0 Å². The van der Waals surface area contributed by atoms with E-state index in [-0.39, 0.29) is 17.0 Å². The standard InChI is InChI=1S/C24H23N3O4/c28-15-10-11-16-18(13-15)31-22-19(17-9-6-12-30-17)20-23(25-21(16)22)27(26-24(20)29)14-7-4-2-1-3-5-8-14/h6,9-14,25H,1-5,7-8H2,(H,26,29). The molecule has 5 aromatic rings. The summed E-state index contributed by atoms with van der Waals surface area (Å²) in [5, 5.41) is 4.42. The van der Waals surface area contributed by atoms with Crippen LogP contribution in [0.15, 0.2) is 55.0 Å². The quantitative estimate of drug-likeness (QED) is 0.398. The molecule has 158 valence electrons. The predicted molar refractivity (Wildman–Crippen MR) is 120 cm³/mol. The second-order valence-corrected chi connectivity index (χ2v) is 8.47. The maximum Gasteiger partial charge on any atom is 0.274 e. The van der Waals surface area contributed by atoms with Gasteiger partial charge in [0.05, 0.1) is 28.8 Å². The first-order valence-electron chi connectivity index (χ1n) is 11.0. The first-order valence-corrected chi connectivity index (χ1v) is 11.0. The van der Waals surface area contributed by atoms with Gasteiger partial charge in [-0.15, -0.1) is 0 Å². The number of benzene rings is 1. The van der Waals surface area contributed by atoms with Gasteiger partial charge in [-0.25, -0.2) is 0 Å². The van der Waals surface area contributed by atoms with Crippen LogP contribution in [0.2, 0.25) is 0 Å². The van der Waals surface area contributed by atoms with Gasteiger partial charge < -0.3 is 13.8 Å². The minimum absolute atomic E-state index is 0.118. The van der Waals surface area contributed by atoms with Crippen molar-refractivity contribution in [3.63, 3.8) is 0 Å². The highest BCUT2D eigenvalue weighted by Crippen LogP contribution is 2.39. The van der Waals surface area contributed by atoms with Crippen LogP contribution in [-0.4, -0.2) is 14.8 Å². The number of hydrogen-bond donors (Lipinski definition) is 2. The third-order valence-electron chi connectivity index (χ3n) is 6.52. The minimum Gasteiger partial charge on any atom is -0.464 e. The molecule has 4 heterocycles. The van der Waals surface area contributed by atoms with Crippen LogP contribution in [0.5, 0.6) is 0 Å². The Morgan fingerprint density at radius 3 is 2.58 bits per heavy atom. The van der Waals surface area contributed by atoms with E-state index in [1.807, 2.05) is 10.7 Å². The van der Waals surface area contributed by atoms with Crippen molar-refractivity contribution in [3.8, 4) is 11.3 Å². The molecule has 0 amide bonds. The van der Waals surface area contributed by atoms with Crippen LogP contribution in [0, 0.1) is 0 Å². The Morgan fingerprint density at radius 2 is 1.81 bits per heavy atom. The van der Waals surface area contributed by atoms with E-state index in [4.69, 9.17) is 8.83 Å². The zero-order valence-corrected chi connectivity index (χ0v) is 17.1. The Balaban J connectivity index is 1.71. The van der Waals surface area contributed by atoms with E-state index in [0.29, 0.717) is 27.9 Å². The number of aromatic nitrogens is 3. The summed E-state index contributed by atoms with van der Waals surface area (Å²) in [4.78, 5) is 28.6. The van der Waals surface area contributed by atoms with Crippen molar-refractivity contribution in [2.24, 2.45) is 0 Å². The van der Waals surface area contributed by atoms with Crippen molar-refractivity contribution in [1.29, 1.82) is 0 Å². The molecule has 2 N–H and O–H groups in total. The molecule has 6 rings (SSSR count). The number of furan rings is 2. The average molecular weight is 417 g/mol. The van der Waals surface area contributed by atoms with E-state index in [9.17, 15) is 9.59 Å². The molecule has 4 aromatic heterocycles. The monoisotopic (exact) mass is 417 g/mol. The fourth-order valence-corrected chi connectivity index (χ4v) is 5.04. The van der Waals surface area contributed by atoms with Crippen molar-refractivity contribution in [3.05, 3.63) is 57.2 Å². The average Bonchev–Trinajstić information content (AvgIpc) is 3.44. The molecule has 1 aromatic carbocycles. The van der Waals surface area contributed by atoms with Crippen LogP contribution in [-0.2, 0) is 0 Å². The number of H-pyrrole nitrogens is 2. The predicted octanol–water partition coefficient (Wildman–Crippen LogP) is 5.46. The first-order chi connectivity index (χ1) is 15.2. The van der Waals surface area contributed by atoms with Crippen molar-refractivity contribution >= 4 is 33.1 Å². The van der Waals surface area contributed by atoms with Gasteiger partial charge >= 0.3 is 0 Å². The van der Waals surface area contributed by atoms with Gasteiger partial charge in [-0.05, 0) is 37.1 Å². The number of nitrogens with one attached hydrogen (secondary N) is 2. The Labute approximate surface area is 176 Å². The van der Waals surface area contributed by atoms with Gasteiger partial charge in [0, 0.05) is 11.5 Å². The van der Waals surface area contributed by atoms with E-state index >= 15 is 0 Å². The summed E-state index contributed by atoms with van der Waals surface area (Å²) in [5.74, 6) is 0.561. The molecular formula is C24H23N3O4. The minimum atomic E-state index is -0.174. The van der Waals surface area contributed by atoms with Crippen molar-refractivity contribution in [1.82, 2.24) is 14.8 Å². The van der Waals surface area contributed by atoms with Crippen molar-refractivity contribution < 1.29 is 8.83 Å². The first kappa shape index (κ1) is 18.3. The summed E-state index contributed by atoms with van der Waals surface area (Å²) in [6.45, 7) is 0. The van der Waals surface area contributed by atoms with Gasteiger partial charge in [-0.1, -0.05) is 32.1 Å². The van der Waals surface area contributed by atoms with Gasteiger partial charge in [-0.2, -0.15) is 0 Å². The molecule has 1 aliphatic carbocycles. The topological polar surface area (TPSA) is 96.9 Å². The summed E-state index contributed by atoms with van der Waals surface area (Å²) < 4.78 is 13.8. The summed E-state index contributed by atoms with van der Waals surface area (Å²) in [6.07, 6.45) is 9.71. The van der Waals surface area contributed by atoms with Gasteiger partial charge in [0.25, 0.3) is 5.56 Å². The molecule has 0 unspecified atom stereocenters. The Bertz CT molecular complexity index is 1510. The van der Waals surface area contributed by atoms with E-state index in [1.165, 1.54) is 31.4 Å². The number of fused-ring (bicyclic) bond motifs is 4. The Hall–Kier alpha value is -3.48. The smallest absolute Gasteiger partial charge is 0.274 e. The fourth-order valence-electron chi connectivity index (χ4n) is 5.04. The fraction of sp³-hybridized carbons (Fsp3) is 0.333. The molecule has 0 atom stereocenters. The maximum atomic E-state index is 13.2. The molecule has 1 fully saturated rings. The molecule has 0 spiro atoms. The number of hydrogen-bond acceptors (Lipinski definition) is 4. The maximum absolute atomic E-state index is 13.2. The summed E-state index contributed by atoms with van der Waals surface area (Å²) in [6, 6.07) is 8.63. The lowest BCUT2D eigenvalue weighted by atomic mass is 9.97. The third-order valence-corrected chi connectivity index (χ3v) is 6.52. The highest BCUT2D eigenvalue weighted by atomic mass is 16.3. The van der Waals surface area contributed by atoms with Crippen molar-refractivity contribution in [2.75, 3.05) is 0 Å². The van der Waals surface area contributed by atoms with E-state index in [0.717, 1.165) is 42.2 Å². The number of rotatable bonds is 2. The Kier molecular flexibility index (Phi) is 4.16. The molecule has 0 bridgehead atoms. The van der Waals surface area contributed by atoms with E-state index < -0.39 is 0 Å². The molecule has 7 nitrogen and oxygen atoms in total. The molecule has 0 radical (unpaired) electrons. The van der Waals surface area contributed by atoms with Crippen LogP contribution >= 0.6 is 0 Å². The number of aromatic amines is 2. The molecular weight excluding hydrogens is 394 g/mol. The van der Waals surface area contributed by atoms with Gasteiger partial charge in [-0.3, -0.25) is 19.4 Å². The normalized spacial score (nSPS) is 16.3. The van der Waals surface area contributed by atoms with Gasteiger partial charge in [0.1, 0.15) is 17.0 Å². The Morgan fingerprint density at radius 1 is 1.00 bits per heavy atom. The molecule has 1 aliphatic rings. The summed E-state index contributed by atoms with van der Waals surface area (Å²) in [7, 11) is 0. The van der Waals surface area contributed by atoms with Crippen molar-refractivity contribution in [2.45, 2.75) is 51.0 Å². The highest BCUT2D eigenvalue weighted by Gasteiger charge is 2.25. The molecule has 7 heteroatoms. The molecule has 0 aliphatic heterocycles. The number of nitrogens with zero attached hydrogens (tertiary/aromatic N) is 1. The largest absolute Gasteiger partial charge is 0.464 e. The zero-order valence-electron chi connectivity index (χ0n) is 17.1. The number of pyridine rings is 1. The van der Waals surface area contributed by atoms with Crippen LogP contribution in [0.4, 0.5) is 0 Å². The molecule has 0 saturated heterocycles. The second-order valence-electron chi connectivity index (χ2n) is 8.47. The van der Waals surface area contributed by atoms with Crippen LogP contribution < -0.4 is 11.0 Å². The zero-order chi connectivity index (χ0) is 20.9. The summed E-state index contributed by atoms with van der Waals surface area (Å²) in [5.41, 5.74) is 2.83. The molecule has 1 saturated carbocycles. The lowest BCUT2D eigenvalue weighted by molar-refractivity contribution is 0.353. The van der Waals surface area contributed by atoms with E-state index in [1.54, 1.807) is 18.4 Å². The summed E-state index contributed by atoms with van der Waals surface area (Å²) >= 11 is 0. The van der Waals surface area contributed by atoms with Crippen LogP contribution in [0.1, 0.15) is 51.0 Å². The van der Waals surface area contributed by atoms with Crippen LogP contribution in [0.3, 0.4) is 0 Å². The van der Waals surface area contributed by atoms with Gasteiger partial charge in [0.2, 0.25) is 0 Å². The lowest BCUT2D eigenvalue weighted by Gasteiger charge is -2.21. The third kappa shape index (κ3) is 2.87. The van der Waals surface area contributed by atoms with Crippen LogP contribution in [0.25, 0.3) is 44.4 Å². The lowest BCUT2D eigenvalue weighted by Crippen LogP contribution is -2.15. The highest BCUT2D eigenvalue weighted by molar-refractivity contribution is 6.13. The second kappa shape index (κ2) is 7.04. The molecule has 31 heavy (non-hydrogen) atoms. The van der Waals surface area contributed by atoms with E-state index in [2.05, 4.69) is 10.1 Å².